The Kier molecular flexibility index (Phi) is 3.36. The molecule has 0 bridgehead atoms. The Morgan fingerprint density at radius 2 is 2.00 bits per heavy atom. The van der Waals surface area contributed by atoms with Crippen LogP contribution in [0.2, 0.25) is 0 Å². The molecule has 0 saturated heterocycles. The summed E-state index contributed by atoms with van der Waals surface area (Å²) in [6.07, 6.45) is -4.92. The van der Waals surface area contributed by atoms with Crippen LogP contribution in [0, 0.1) is 17.1 Å². The zero-order valence-corrected chi connectivity index (χ0v) is 8.43. The Morgan fingerprint density at radius 1 is 1.41 bits per heavy atom. The van der Waals surface area contributed by atoms with Gasteiger partial charge in [-0.1, -0.05) is 0 Å². The third-order valence-electron chi connectivity index (χ3n) is 1.93. The summed E-state index contributed by atoms with van der Waals surface area (Å²) in [7, 11) is 0.918. The second kappa shape index (κ2) is 4.41. The van der Waals surface area contributed by atoms with E-state index >= 15 is 0 Å². The summed E-state index contributed by atoms with van der Waals surface area (Å²) in [4.78, 5) is 11.1. The first-order valence-corrected chi connectivity index (χ1v) is 4.20. The van der Waals surface area contributed by atoms with Crippen LogP contribution in [0.15, 0.2) is 12.1 Å². The number of benzene rings is 1. The number of halogens is 4. The van der Waals surface area contributed by atoms with Crippen LogP contribution in [0.25, 0.3) is 0 Å². The van der Waals surface area contributed by atoms with E-state index < -0.39 is 34.7 Å². The number of nitriles is 1. The van der Waals surface area contributed by atoms with Gasteiger partial charge in [0.25, 0.3) is 0 Å². The van der Waals surface area contributed by atoms with Crippen molar-refractivity contribution in [3.63, 3.8) is 0 Å². The first kappa shape index (κ1) is 13.0. The van der Waals surface area contributed by atoms with Crippen molar-refractivity contribution >= 4 is 5.97 Å². The maximum Gasteiger partial charge on any atom is 0.417 e. The van der Waals surface area contributed by atoms with Gasteiger partial charge in [0.15, 0.2) is 0 Å². The van der Waals surface area contributed by atoms with E-state index in [2.05, 4.69) is 4.74 Å². The van der Waals surface area contributed by atoms with Gasteiger partial charge in [-0.3, -0.25) is 0 Å². The lowest BCUT2D eigenvalue weighted by molar-refractivity contribution is -0.138. The van der Waals surface area contributed by atoms with Crippen LogP contribution in [-0.2, 0) is 10.9 Å². The SMILES string of the molecule is COC(=O)c1cc(F)cc(C(F)(F)F)c1C#N. The number of hydrogen-bond donors (Lipinski definition) is 0. The number of carbonyl (C=O) groups is 1. The number of alkyl halides is 3. The molecule has 0 saturated carbocycles. The molecule has 0 aromatic heterocycles. The van der Waals surface area contributed by atoms with Crippen molar-refractivity contribution < 1.29 is 27.1 Å². The number of methoxy groups -OCH3 is 1. The lowest BCUT2D eigenvalue weighted by Crippen LogP contribution is -2.14. The Hall–Kier alpha value is -2.10. The molecular formula is C10H5F4NO2. The first-order valence-electron chi connectivity index (χ1n) is 4.20. The van der Waals surface area contributed by atoms with Crippen molar-refractivity contribution in [3.05, 3.63) is 34.6 Å². The van der Waals surface area contributed by atoms with Crippen LogP contribution in [-0.4, -0.2) is 13.1 Å². The zero-order valence-electron chi connectivity index (χ0n) is 8.43. The summed E-state index contributed by atoms with van der Waals surface area (Å²) < 4.78 is 54.6. The van der Waals surface area contributed by atoms with Gasteiger partial charge in [0.05, 0.1) is 23.8 Å². The van der Waals surface area contributed by atoms with Crippen molar-refractivity contribution in [2.75, 3.05) is 7.11 Å². The van der Waals surface area contributed by atoms with Gasteiger partial charge in [0.1, 0.15) is 11.9 Å². The molecule has 17 heavy (non-hydrogen) atoms. The van der Waals surface area contributed by atoms with Gasteiger partial charge in [0, 0.05) is 0 Å². The van der Waals surface area contributed by atoms with Crippen molar-refractivity contribution in [1.82, 2.24) is 0 Å². The van der Waals surface area contributed by atoms with Crippen molar-refractivity contribution in [2.24, 2.45) is 0 Å². The smallest absolute Gasteiger partial charge is 0.417 e. The summed E-state index contributed by atoms with van der Waals surface area (Å²) in [6.45, 7) is 0. The Balaban J connectivity index is 3.59. The van der Waals surface area contributed by atoms with Crippen LogP contribution in [0.4, 0.5) is 17.6 Å². The lowest BCUT2D eigenvalue weighted by atomic mass is 10.0. The fourth-order valence-corrected chi connectivity index (χ4v) is 1.22. The number of esters is 1. The Bertz CT molecular complexity index is 502. The van der Waals surface area contributed by atoms with Crippen molar-refractivity contribution in [3.8, 4) is 6.07 Å². The molecule has 0 amide bonds. The number of hydrogen-bond acceptors (Lipinski definition) is 3. The second-order valence-corrected chi connectivity index (χ2v) is 2.98. The maximum absolute atomic E-state index is 13.0. The van der Waals surface area contributed by atoms with E-state index in [-0.39, 0.29) is 6.07 Å². The lowest BCUT2D eigenvalue weighted by Gasteiger charge is -2.11. The third-order valence-corrected chi connectivity index (χ3v) is 1.93. The molecule has 90 valence electrons. The molecule has 0 fully saturated rings. The third kappa shape index (κ3) is 2.53. The Morgan fingerprint density at radius 3 is 2.41 bits per heavy atom. The normalized spacial score (nSPS) is 10.8. The minimum absolute atomic E-state index is 0.158. The van der Waals surface area contributed by atoms with Gasteiger partial charge in [-0.25, -0.2) is 9.18 Å². The van der Waals surface area contributed by atoms with E-state index in [1.54, 1.807) is 0 Å². The molecule has 1 aromatic carbocycles. The molecule has 1 rings (SSSR count). The monoisotopic (exact) mass is 247 g/mol. The fraction of sp³-hybridized carbons (Fsp3) is 0.200. The van der Waals surface area contributed by atoms with E-state index in [0.717, 1.165) is 7.11 Å². The predicted molar refractivity (Wildman–Crippen MR) is 47.5 cm³/mol. The molecule has 0 spiro atoms. The highest BCUT2D eigenvalue weighted by atomic mass is 19.4. The van der Waals surface area contributed by atoms with Crippen molar-refractivity contribution in [1.29, 1.82) is 5.26 Å². The van der Waals surface area contributed by atoms with Gasteiger partial charge >= 0.3 is 12.1 Å². The largest absolute Gasteiger partial charge is 0.465 e. The number of rotatable bonds is 1. The van der Waals surface area contributed by atoms with E-state index in [0.29, 0.717) is 6.07 Å². The van der Waals surface area contributed by atoms with Crippen LogP contribution < -0.4 is 0 Å². The van der Waals surface area contributed by atoms with Crippen LogP contribution in [0.5, 0.6) is 0 Å². The summed E-state index contributed by atoms with van der Waals surface area (Å²) in [5.74, 6) is -2.47. The Labute approximate surface area is 93.2 Å². The average Bonchev–Trinajstić information content (AvgIpc) is 2.25. The highest BCUT2D eigenvalue weighted by Crippen LogP contribution is 2.34. The quantitative estimate of drug-likeness (QED) is 0.566. The van der Waals surface area contributed by atoms with Gasteiger partial charge in [-0.05, 0) is 12.1 Å². The molecule has 7 heteroatoms. The summed E-state index contributed by atoms with van der Waals surface area (Å²) in [5.41, 5.74) is -3.20. The molecule has 1 aromatic rings. The number of carbonyl (C=O) groups excluding carboxylic acids is 1. The highest BCUT2D eigenvalue weighted by Gasteiger charge is 2.36. The summed E-state index contributed by atoms with van der Waals surface area (Å²) in [5, 5.41) is 8.62. The minimum atomic E-state index is -4.92. The maximum atomic E-state index is 13.0. The minimum Gasteiger partial charge on any atom is -0.465 e. The molecule has 0 heterocycles. The van der Waals surface area contributed by atoms with Gasteiger partial charge in [-0.15, -0.1) is 0 Å². The fourth-order valence-electron chi connectivity index (χ4n) is 1.22. The van der Waals surface area contributed by atoms with Gasteiger partial charge in [-0.2, -0.15) is 18.4 Å². The van der Waals surface area contributed by atoms with Gasteiger partial charge < -0.3 is 4.74 Å². The highest BCUT2D eigenvalue weighted by molar-refractivity contribution is 5.92. The predicted octanol–water partition coefficient (Wildman–Crippen LogP) is 2.50. The molecule has 0 aliphatic carbocycles. The average molecular weight is 247 g/mol. The summed E-state index contributed by atoms with van der Waals surface area (Å²) >= 11 is 0. The molecular weight excluding hydrogens is 242 g/mol. The van der Waals surface area contributed by atoms with Crippen LogP contribution in [0.3, 0.4) is 0 Å². The first-order chi connectivity index (χ1) is 7.81. The van der Waals surface area contributed by atoms with E-state index in [4.69, 9.17) is 5.26 Å². The van der Waals surface area contributed by atoms with Gasteiger partial charge in [0.2, 0.25) is 0 Å². The molecule has 0 aliphatic rings. The topological polar surface area (TPSA) is 50.1 Å². The number of ether oxygens (including phenoxy) is 1. The standard InChI is InChI=1S/C10H5F4NO2/c1-17-9(16)6-2-5(11)3-8(7(6)4-15)10(12,13)14/h2-3H,1H3. The molecule has 0 atom stereocenters. The molecule has 0 N–H and O–H groups in total. The zero-order chi connectivity index (χ0) is 13.2. The van der Waals surface area contributed by atoms with E-state index in [1.807, 2.05) is 0 Å². The number of nitrogens with zero attached hydrogens (tertiary/aromatic N) is 1. The molecule has 3 nitrogen and oxygen atoms in total. The van der Waals surface area contributed by atoms with E-state index in [1.165, 1.54) is 6.07 Å². The molecule has 0 radical (unpaired) electrons. The second-order valence-electron chi connectivity index (χ2n) is 2.98. The van der Waals surface area contributed by atoms with Crippen molar-refractivity contribution in [2.45, 2.75) is 6.18 Å². The molecule has 0 unspecified atom stereocenters. The molecule has 0 aliphatic heterocycles. The summed E-state index contributed by atoms with van der Waals surface area (Å²) in [6, 6.07) is 1.91. The van der Waals surface area contributed by atoms with Crippen LogP contribution in [0.1, 0.15) is 21.5 Å². The van der Waals surface area contributed by atoms with E-state index in [9.17, 15) is 22.4 Å². The van der Waals surface area contributed by atoms with Crippen LogP contribution >= 0.6 is 0 Å².